The molecule has 2 aromatic carbocycles. The molecular formula is C29H35N3O2S. The number of carbonyl (C=O) groups is 2. The normalized spacial score (nSPS) is 21.0. The van der Waals surface area contributed by atoms with Gasteiger partial charge in [0.1, 0.15) is 5.57 Å². The molecule has 35 heavy (non-hydrogen) atoms. The van der Waals surface area contributed by atoms with Crippen molar-refractivity contribution in [2.24, 2.45) is 0 Å². The Morgan fingerprint density at radius 1 is 1.06 bits per heavy atom. The topological polar surface area (TPSA) is 52.7 Å². The van der Waals surface area contributed by atoms with E-state index in [1.54, 1.807) is 6.08 Å². The second-order valence-corrected chi connectivity index (χ2v) is 11.3. The summed E-state index contributed by atoms with van der Waals surface area (Å²) in [5.74, 6) is -0.504. The number of thiocarbonyl (C=S) groups is 1. The molecule has 1 unspecified atom stereocenters. The summed E-state index contributed by atoms with van der Waals surface area (Å²) >= 11 is 5.38. The molecule has 0 spiro atoms. The van der Waals surface area contributed by atoms with Gasteiger partial charge in [-0.25, -0.2) is 0 Å². The molecule has 1 saturated heterocycles. The smallest absolute Gasteiger partial charge is 0.270 e. The molecule has 1 fully saturated rings. The summed E-state index contributed by atoms with van der Waals surface area (Å²) < 4.78 is 0. The first-order valence-corrected chi connectivity index (χ1v) is 12.6. The maximum Gasteiger partial charge on any atom is 0.270 e. The van der Waals surface area contributed by atoms with Crippen LogP contribution in [0, 0.1) is 20.8 Å². The van der Waals surface area contributed by atoms with Gasteiger partial charge in [0.15, 0.2) is 5.11 Å². The lowest BCUT2D eigenvalue weighted by molar-refractivity contribution is -0.122. The standard InChI is InChI=1S/C29H35N3O2S/c1-16(2)32-25-12-19(5)21(13-23(25)20(6)15-29(32,7)8)14-24-26(33)30-28(35)31(27(24)34)22-10-9-17(3)18(4)11-22/h9-14,16,20H,15H2,1-8H3,(H,30,33,35)/b24-14+. The van der Waals surface area contributed by atoms with Crippen LogP contribution in [0.4, 0.5) is 11.4 Å². The van der Waals surface area contributed by atoms with Gasteiger partial charge in [-0.15, -0.1) is 0 Å². The molecule has 2 heterocycles. The van der Waals surface area contributed by atoms with Gasteiger partial charge in [0, 0.05) is 17.3 Å². The number of amides is 2. The van der Waals surface area contributed by atoms with Crippen molar-refractivity contribution in [3.05, 3.63) is 63.7 Å². The summed E-state index contributed by atoms with van der Waals surface area (Å²) in [6.07, 6.45) is 2.75. The number of hydrogen-bond acceptors (Lipinski definition) is 4. The number of anilines is 2. The third-order valence-corrected chi connectivity index (χ3v) is 7.61. The maximum absolute atomic E-state index is 13.5. The van der Waals surface area contributed by atoms with E-state index in [1.807, 2.05) is 39.0 Å². The Kier molecular flexibility index (Phi) is 6.39. The predicted molar refractivity (Wildman–Crippen MR) is 148 cm³/mol. The van der Waals surface area contributed by atoms with Crippen LogP contribution in [0.3, 0.4) is 0 Å². The Bertz CT molecular complexity index is 1270. The number of carbonyl (C=O) groups excluding carboxylic acids is 2. The van der Waals surface area contributed by atoms with Crippen LogP contribution in [-0.2, 0) is 9.59 Å². The van der Waals surface area contributed by atoms with Crippen LogP contribution in [-0.4, -0.2) is 28.5 Å². The Morgan fingerprint density at radius 2 is 1.74 bits per heavy atom. The molecule has 2 aliphatic heterocycles. The van der Waals surface area contributed by atoms with Crippen molar-refractivity contribution in [3.8, 4) is 0 Å². The van der Waals surface area contributed by atoms with E-state index >= 15 is 0 Å². The van der Waals surface area contributed by atoms with E-state index < -0.39 is 11.8 Å². The van der Waals surface area contributed by atoms with Crippen LogP contribution in [0.25, 0.3) is 6.08 Å². The minimum absolute atomic E-state index is 0.0502. The van der Waals surface area contributed by atoms with E-state index in [4.69, 9.17) is 12.2 Å². The zero-order chi connectivity index (χ0) is 25.8. The molecule has 184 valence electrons. The number of aryl methyl sites for hydroxylation is 3. The molecule has 2 amide bonds. The van der Waals surface area contributed by atoms with E-state index in [0.717, 1.165) is 28.7 Å². The Hall–Kier alpha value is -2.99. The van der Waals surface area contributed by atoms with Crippen LogP contribution in [0.2, 0.25) is 0 Å². The van der Waals surface area contributed by atoms with Gasteiger partial charge in [-0.2, -0.15) is 0 Å². The van der Waals surface area contributed by atoms with Gasteiger partial charge in [0.2, 0.25) is 0 Å². The highest BCUT2D eigenvalue weighted by atomic mass is 32.1. The number of hydrogen-bond donors (Lipinski definition) is 1. The summed E-state index contributed by atoms with van der Waals surface area (Å²) in [5, 5.41) is 2.81. The van der Waals surface area contributed by atoms with Crippen molar-refractivity contribution in [3.63, 3.8) is 0 Å². The van der Waals surface area contributed by atoms with Crippen molar-refractivity contribution in [2.75, 3.05) is 9.80 Å². The minimum atomic E-state index is -0.463. The highest BCUT2D eigenvalue weighted by Crippen LogP contribution is 2.45. The highest BCUT2D eigenvalue weighted by molar-refractivity contribution is 7.80. The molecule has 1 N–H and O–H groups in total. The number of benzene rings is 2. The lowest BCUT2D eigenvalue weighted by atomic mass is 9.78. The average molecular weight is 490 g/mol. The summed E-state index contributed by atoms with van der Waals surface area (Å²) in [6.45, 7) is 17.3. The fourth-order valence-corrected chi connectivity index (χ4v) is 5.94. The van der Waals surface area contributed by atoms with Gasteiger partial charge in [-0.05, 0) is 131 Å². The molecule has 6 heteroatoms. The average Bonchev–Trinajstić information content (AvgIpc) is 2.73. The molecule has 4 rings (SSSR count). The number of fused-ring (bicyclic) bond motifs is 1. The first-order valence-electron chi connectivity index (χ1n) is 12.2. The van der Waals surface area contributed by atoms with E-state index in [0.29, 0.717) is 17.6 Å². The quantitative estimate of drug-likeness (QED) is 0.329. The third kappa shape index (κ3) is 4.40. The molecule has 5 nitrogen and oxygen atoms in total. The molecule has 0 aromatic heterocycles. The fourth-order valence-electron chi connectivity index (χ4n) is 5.66. The predicted octanol–water partition coefficient (Wildman–Crippen LogP) is 5.94. The van der Waals surface area contributed by atoms with Crippen LogP contribution >= 0.6 is 12.2 Å². The zero-order valence-electron chi connectivity index (χ0n) is 21.9. The highest BCUT2D eigenvalue weighted by Gasteiger charge is 2.38. The van der Waals surface area contributed by atoms with E-state index in [1.165, 1.54) is 16.2 Å². The van der Waals surface area contributed by atoms with Crippen molar-refractivity contribution < 1.29 is 9.59 Å². The van der Waals surface area contributed by atoms with Gasteiger partial charge in [0.05, 0.1) is 5.69 Å². The fraction of sp³-hybridized carbons (Fsp3) is 0.414. The van der Waals surface area contributed by atoms with Crippen molar-refractivity contribution in [1.82, 2.24) is 5.32 Å². The number of nitrogens with one attached hydrogen (secondary N) is 1. The van der Waals surface area contributed by atoms with Crippen molar-refractivity contribution >= 4 is 46.6 Å². The van der Waals surface area contributed by atoms with Crippen LogP contribution < -0.4 is 15.1 Å². The zero-order valence-corrected chi connectivity index (χ0v) is 22.8. The molecule has 1 atom stereocenters. The third-order valence-electron chi connectivity index (χ3n) is 7.33. The van der Waals surface area contributed by atoms with Gasteiger partial charge >= 0.3 is 0 Å². The minimum Gasteiger partial charge on any atom is -0.364 e. The SMILES string of the molecule is Cc1ccc(N2C(=O)/C(=C/c3cc4c(cc3C)N(C(C)C)C(C)(C)CC4C)C(=O)NC2=S)cc1C. The van der Waals surface area contributed by atoms with Crippen molar-refractivity contribution in [1.29, 1.82) is 0 Å². The van der Waals surface area contributed by atoms with Crippen LogP contribution in [0.1, 0.15) is 74.8 Å². The summed E-state index contributed by atoms with van der Waals surface area (Å²) in [6, 6.07) is 10.4. The maximum atomic E-state index is 13.5. The lowest BCUT2D eigenvalue weighted by Crippen LogP contribution is -2.54. The van der Waals surface area contributed by atoms with Crippen LogP contribution in [0.15, 0.2) is 35.9 Å². The molecule has 0 bridgehead atoms. The second kappa shape index (κ2) is 8.90. The second-order valence-electron chi connectivity index (χ2n) is 10.9. The first-order chi connectivity index (χ1) is 16.3. The molecular weight excluding hydrogens is 454 g/mol. The largest absolute Gasteiger partial charge is 0.364 e. The Morgan fingerprint density at radius 3 is 2.37 bits per heavy atom. The van der Waals surface area contributed by atoms with Gasteiger partial charge in [0.25, 0.3) is 11.8 Å². The first kappa shape index (κ1) is 25.1. The monoisotopic (exact) mass is 489 g/mol. The summed E-state index contributed by atoms with van der Waals surface area (Å²) in [7, 11) is 0. The molecule has 2 aliphatic rings. The molecule has 0 radical (unpaired) electrons. The van der Waals surface area contributed by atoms with Gasteiger partial charge in [-0.1, -0.05) is 13.0 Å². The van der Waals surface area contributed by atoms with E-state index in [2.05, 4.69) is 57.0 Å². The molecule has 0 saturated carbocycles. The summed E-state index contributed by atoms with van der Waals surface area (Å²) in [4.78, 5) is 30.3. The van der Waals surface area contributed by atoms with Crippen molar-refractivity contribution in [2.45, 2.75) is 79.3 Å². The van der Waals surface area contributed by atoms with E-state index in [9.17, 15) is 9.59 Å². The molecule has 0 aliphatic carbocycles. The van der Waals surface area contributed by atoms with Gasteiger partial charge in [-0.3, -0.25) is 19.8 Å². The van der Waals surface area contributed by atoms with Crippen LogP contribution in [0.5, 0.6) is 0 Å². The van der Waals surface area contributed by atoms with E-state index in [-0.39, 0.29) is 16.2 Å². The number of nitrogens with zero attached hydrogens (tertiary/aromatic N) is 2. The Labute approximate surface area is 214 Å². The lowest BCUT2D eigenvalue weighted by Gasteiger charge is -2.50. The van der Waals surface area contributed by atoms with Gasteiger partial charge < -0.3 is 4.90 Å². The molecule has 2 aromatic rings. The number of rotatable bonds is 3. The Balaban J connectivity index is 1.79. The summed E-state index contributed by atoms with van der Waals surface area (Å²) in [5.41, 5.74) is 7.36.